The summed E-state index contributed by atoms with van der Waals surface area (Å²) < 4.78 is 0. The van der Waals surface area contributed by atoms with Crippen molar-refractivity contribution in [2.24, 2.45) is 0 Å². The number of allylic oxidation sites excluding steroid dienone is 2. The average molecular weight is 384 g/mol. The molecule has 0 fully saturated rings. The summed E-state index contributed by atoms with van der Waals surface area (Å²) in [7, 11) is 0. The van der Waals surface area contributed by atoms with Crippen LogP contribution in [-0.4, -0.2) is 28.6 Å². The number of hydrogen-bond acceptors (Lipinski definition) is 5. The molecule has 0 saturated heterocycles. The number of carbonyl (C=O) groups excluding carboxylic acids is 3. The summed E-state index contributed by atoms with van der Waals surface area (Å²) >= 11 is 0. The van der Waals surface area contributed by atoms with E-state index in [4.69, 9.17) is 0 Å². The Kier molecular flexibility index (Phi) is 3.58. The molecule has 1 unspecified atom stereocenters. The molecule has 0 aromatic heterocycles. The highest BCUT2D eigenvalue weighted by Crippen LogP contribution is 2.48. The fourth-order valence-corrected chi connectivity index (χ4v) is 4.10. The van der Waals surface area contributed by atoms with Crippen LogP contribution in [0.25, 0.3) is 6.08 Å². The zero-order chi connectivity index (χ0) is 20.3. The van der Waals surface area contributed by atoms with Gasteiger partial charge in [-0.2, -0.15) is 0 Å². The van der Waals surface area contributed by atoms with Crippen molar-refractivity contribution in [1.82, 2.24) is 0 Å². The smallest absolute Gasteiger partial charge is 0.221 e. The molecule has 2 aliphatic carbocycles. The summed E-state index contributed by atoms with van der Waals surface area (Å²) in [6, 6.07) is 6.37. The zero-order valence-corrected chi connectivity index (χ0v) is 15.4. The van der Waals surface area contributed by atoms with Crippen molar-refractivity contribution in [1.29, 1.82) is 0 Å². The Morgan fingerprint density at radius 2 is 1.76 bits per heavy atom. The topological polar surface area (TPSA) is 95.5 Å². The van der Waals surface area contributed by atoms with Crippen LogP contribution in [0.5, 0.6) is 5.75 Å². The summed E-state index contributed by atoms with van der Waals surface area (Å²) in [6.07, 6.45) is 9.45. The number of phenolic OH excluding ortho intramolecular Hbond substituents is 1. The maximum Gasteiger partial charge on any atom is 0.221 e. The minimum Gasteiger partial charge on any atom is -0.505 e. The molecule has 0 saturated carbocycles. The first-order valence-electron chi connectivity index (χ1n) is 9.19. The van der Waals surface area contributed by atoms with Crippen LogP contribution in [-0.2, 0) is 4.79 Å². The summed E-state index contributed by atoms with van der Waals surface area (Å²) in [5, 5.41) is 16.9. The second-order valence-electron chi connectivity index (χ2n) is 7.16. The van der Waals surface area contributed by atoms with Gasteiger partial charge in [0.05, 0.1) is 28.5 Å². The van der Waals surface area contributed by atoms with Crippen molar-refractivity contribution in [2.45, 2.75) is 13.0 Å². The van der Waals surface area contributed by atoms with Crippen molar-refractivity contribution < 1.29 is 19.5 Å². The number of hydrogen-bond donors (Lipinski definition) is 3. The number of phenols is 1. The molecule has 1 heterocycles. The van der Waals surface area contributed by atoms with Crippen LogP contribution in [0, 0.1) is 0 Å². The standard InChI is InChI=1S/C23H16N2O4/c1-11(26)24-20-15-10-12-6-2-5-9-16(12)25-19(15)17-18(23(20)29)22(28)14-8-4-3-7-13(14)21(17)27/h2-10,16,25,29H,1H3,(H,24,26). The number of ketones is 2. The van der Waals surface area contributed by atoms with Crippen LogP contribution in [0.1, 0.15) is 44.3 Å². The van der Waals surface area contributed by atoms with Crippen molar-refractivity contribution in [3.63, 3.8) is 0 Å². The molecule has 0 bridgehead atoms. The van der Waals surface area contributed by atoms with E-state index in [1.54, 1.807) is 24.3 Å². The Morgan fingerprint density at radius 3 is 2.45 bits per heavy atom. The van der Waals surface area contributed by atoms with Gasteiger partial charge in [-0.15, -0.1) is 0 Å². The van der Waals surface area contributed by atoms with Gasteiger partial charge in [0.2, 0.25) is 5.91 Å². The predicted octanol–water partition coefficient (Wildman–Crippen LogP) is 3.43. The Hall–Kier alpha value is -3.93. The van der Waals surface area contributed by atoms with Gasteiger partial charge in [-0.1, -0.05) is 48.6 Å². The van der Waals surface area contributed by atoms with Gasteiger partial charge >= 0.3 is 0 Å². The lowest BCUT2D eigenvalue weighted by Crippen LogP contribution is -2.30. The molecule has 1 atom stereocenters. The van der Waals surface area contributed by atoms with Crippen LogP contribution in [0.4, 0.5) is 11.4 Å². The van der Waals surface area contributed by atoms with Crippen LogP contribution >= 0.6 is 0 Å². The second-order valence-corrected chi connectivity index (χ2v) is 7.16. The SMILES string of the molecule is CC(=O)Nc1c(O)c2c(c3c1C=C1C=CC=CC1N3)C(=O)c1ccccc1C2=O. The van der Waals surface area contributed by atoms with Crippen LogP contribution in [0.2, 0.25) is 0 Å². The lowest BCUT2D eigenvalue weighted by Gasteiger charge is -2.32. The van der Waals surface area contributed by atoms with Crippen molar-refractivity contribution >= 4 is 34.9 Å². The van der Waals surface area contributed by atoms with E-state index in [1.165, 1.54) is 6.92 Å². The molecule has 2 aromatic carbocycles. The van der Waals surface area contributed by atoms with Gasteiger partial charge in [0.1, 0.15) is 0 Å². The van der Waals surface area contributed by atoms with Crippen molar-refractivity contribution in [2.75, 3.05) is 10.6 Å². The Labute approximate surface area is 166 Å². The van der Waals surface area contributed by atoms with Crippen LogP contribution in [0.15, 0.2) is 54.1 Å². The summed E-state index contributed by atoms with van der Waals surface area (Å²) in [4.78, 5) is 38.3. The average Bonchev–Trinajstić information content (AvgIpc) is 2.72. The molecule has 3 N–H and O–H groups in total. The maximum atomic E-state index is 13.3. The van der Waals surface area contributed by atoms with Gasteiger partial charge in [0.25, 0.3) is 0 Å². The number of anilines is 2. The molecule has 2 aromatic rings. The monoisotopic (exact) mass is 384 g/mol. The van der Waals surface area contributed by atoms with E-state index < -0.39 is 17.4 Å². The number of amides is 1. The molecule has 6 heteroatoms. The van der Waals surface area contributed by atoms with Gasteiger partial charge in [0.15, 0.2) is 17.3 Å². The predicted molar refractivity (Wildman–Crippen MR) is 109 cm³/mol. The first-order valence-corrected chi connectivity index (χ1v) is 9.19. The van der Waals surface area contributed by atoms with E-state index in [1.807, 2.05) is 30.4 Å². The highest BCUT2D eigenvalue weighted by Gasteiger charge is 2.39. The minimum absolute atomic E-state index is 0.0871. The molecular formula is C23H16N2O4. The minimum atomic E-state index is -0.447. The number of rotatable bonds is 1. The maximum absolute atomic E-state index is 13.3. The van der Waals surface area contributed by atoms with E-state index in [9.17, 15) is 19.5 Å². The lowest BCUT2D eigenvalue weighted by molar-refractivity contribution is -0.114. The Morgan fingerprint density at radius 1 is 1.07 bits per heavy atom. The number of aromatic hydroxyl groups is 1. The molecule has 1 aliphatic heterocycles. The number of carbonyl (C=O) groups is 3. The Balaban J connectivity index is 1.86. The van der Waals surface area contributed by atoms with Crippen LogP contribution in [0.3, 0.4) is 0 Å². The number of benzene rings is 2. The van der Waals surface area contributed by atoms with Gasteiger partial charge < -0.3 is 15.7 Å². The van der Waals surface area contributed by atoms with E-state index in [0.717, 1.165) is 5.57 Å². The van der Waals surface area contributed by atoms with E-state index in [-0.39, 0.29) is 34.2 Å². The van der Waals surface area contributed by atoms with Gasteiger partial charge in [0, 0.05) is 23.6 Å². The summed E-state index contributed by atoms with van der Waals surface area (Å²) in [6.45, 7) is 1.32. The van der Waals surface area contributed by atoms with Crippen LogP contribution < -0.4 is 10.6 Å². The third-order valence-corrected chi connectivity index (χ3v) is 5.36. The first-order chi connectivity index (χ1) is 14.0. The molecule has 6 nitrogen and oxygen atoms in total. The zero-order valence-electron chi connectivity index (χ0n) is 15.4. The molecule has 0 radical (unpaired) electrons. The molecule has 5 rings (SSSR count). The van der Waals surface area contributed by atoms with Gasteiger partial charge in [-0.25, -0.2) is 0 Å². The normalized spacial score (nSPS) is 18.1. The summed E-state index contributed by atoms with van der Waals surface area (Å²) in [5.74, 6) is -1.57. The quantitative estimate of drug-likeness (QED) is 0.441. The fourth-order valence-electron chi connectivity index (χ4n) is 4.10. The molecule has 3 aliphatic rings. The van der Waals surface area contributed by atoms with E-state index in [2.05, 4.69) is 10.6 Å². The molecule has 29 heavy (non-hydrogen) atoms. The third-order valence-electron chi connectivity index (χ3n) is 5.36. The second kappa shape index (κ2) is 6.04. The summed E-state index contributed by atoms with van der Waals surface area (Å²) in [5.41, 5.74) is 2.53. The fraction of sp³-hybridized carbons (Fsp3) is 0.0870. The van der Waals surface area contributed by atoms with Gasteiger partial charge in [-0.05, 0) is 11.6 Å². The number of fused-ring (bicyclic) bond motifs is 5. The van der Waals surface area contributed by atoms with E-state index in [0.29, 0.717) is 16.8 Å². The Bertz CT molecular complexity index is 1230. The van der Waals surface area contributed by atoms with Gasteiger partial charge in [-0.3, -0.25) is 14.4 Å². The van der Waals surface area contributed by atoms with E-state index >= 15 is 0 Å². The van der Waals surface area contributed by atoms with Crippen molar-refractivity contribution in [3.8, 4) is 5.75 Å². The molecule has 0 spiro atoms. The lowest BCUT2D eigenvalue weighted by atomic mass is 9.79. The highest BCUT2D eigenvalue weighted by atomic mass is 16.3. The highest BCUT2D eigenvalue weighted by molar-refractivity contribution is 6.32. The van der Waals surface area contributed by atoms with Crippen molar-refractivity contribution in [3.05, 3.63) is 82.0 Å². The molecule has 1 amide bonds. The third kappa shape index (κ3) is 2.39. The molecular weight excluding hydrogens is 368 g/mol. The number of nitrogens with one attached hydrogen (secondary N) is 2. The largest absolute Gasteiger partial charge is 0.505 e. The molecule has 142 valence electrons. The first kappa shape index (κ1) is 17.2.